The van der Waals surface area contributed by atoms with Gasteiger partial charge in [0.15, 0.2) is 0 Å². The van der Waals surface area contributed by atoms with Crippen LogP contribution in [0.15, 0.2) is 36.7 Å². The summed E-state index contributed by atoms with van der Waals surface area (Å²) in [7, 11) is 2.22. The lowest BCUT2D eigenvalue weighted by atomic mass is 9.78. The van der Waals surface area contributed by atoms with Crippen LogP contribution < -0.4 is 0 Å². The van der Waals surface area contributed by atoms with E-state index in [1.54, 1.807) is 0 Å². The molecular weight excluding hydrogens is 270 g/mol. The van der Waals surface area contributed by atoms with Crippen LogP contribution in [0.4, 0.5) is 0 Å². The standard InChI is InChI=1S/C19H23N3/c1-22-12-8-14(9-13-22)17-18-15(4-2-10-20-18)6-7-16-5-3-11-21-19(16)17/h2-5,10-11,14,17H,6-9,12-13H2,1H3. The number of aryl methyl sites for hydroxylation is 2. The largest absolute Gasteiger partial charge is 0.306 e. The minimum Gasteiger partial charge on any atom is -0.306 e. The first kappa shape index (κ1) is 13.9. The van der Waals surface area contributed by atoms with Crippen molar-refractivity contribution < 1.29 is 0 Å². The SMILES string of the molecule is CN1CCC(C2c3ncccc3CCc3cccnc32)CC1. The molecule has 2 aromatic rings. The van der Waals surface area contributed by atoms with Gasteiger partial charge in [0, 0.05) is 18.3 Å². The van der Waals surface area contributed by atoms with Crippen LogP contribution >= 0.6 is 0 Å². The number of pyridine rings is 2. The van der Waals surface area contributed by atoms with E-state index >= 15 is 0 Å². The van der Waals surface area contributed by atoms with Gasteiger partial charge in [-0.25, -0.2) is 0 Å². The van der Waals surface area contributed by atoms with Crippen molar-refractivity contribution in [2.45, 2.75) is 31.6 Å². The van der Waals surface area contributed by atoms with Crippen LogP contribution in [0.2, 0.25) is 0 Å². The molecule has 0 saturated carbocycles. The van der Waals surface area contributed by atoms with E-state index < -0.39 is 0 Å². The van der Waals surface area contributed by atoms with Crippen molar-refractivity contribution >= 4 is 0 Å². The third-order valence-electron chi connectivity index (χ3n) is 5.34. The number of rotatable bonds is 1. The topological polar surface area (TPSA) is 29.0 Å². The van der Waals surface area contributed by atoms with Gasteiger partial charge in [0.25, 0.3) is 0 Å². The Morgan fingerprint density at radius 3 is 2.00 bits per heavy atom. The third-order valence-corrected chi connectivity index (χ3v) is 5.34. The third kappa shape index (κ3) is 2.44. The number of fused-ring (bicyclic) bond motifs is 2. The van der Waals surface area contributed by atoms with Gasteiger partial charge >= 0.3 is 0 Å². The van der Waals surface area contributed by atoms with E-state index in [1.807, 2.05) is 12.4 Å². The predicted octanol–water partition coefficient (Wildman–Crippen LogP) is 3.05. The highest BCUT2D eigenvalue weighted by atomic mass is 15.1. The minimum atomic E-state index is 0.378. The zero-order chi connectivity index (χ0) is 14.9. The summed E-state index contributed by atoms with van der Waals surface area (Å²) in [6.45, 7) is 2.37. The second kappa shape index (κ2) is 5.81. The monoisotopic (exact) mass is 293 g/mol. The molecule has 4 rings (SSSR count). The van der Waals surface area contributed by atoms with E-state index in [9.17, 15) is 0 Å². The number of hydrogen-bond donors (Lipinski definition) is 0. The molecule has 0 N–H and O–H groups in total. The molecule has 3 nitrogen and oxygen atoms in total. The van der Waals surface area contributed by atoms with Crippen LogP contribution in [0.5, 0.6) is 0 Å². The molecule has 0 aromatic carbocycles. The molecule has 1 aliphatic carbocycles. The van der Waals surface area contributed by atoms with Crippen LogP contribution in [0.1, 0.15) is 41.3 Å². The van der Waals surface area contributed by atoms with Crippen molar-refractivity contribution in [3.05, 3.63) is 59.2 Å². The molecule has 3 heteroatoms. The molecule has 2 aromatic heterocycles. The molecule has 3 heterocycles. The molecule has 2 aliphatic rings. The number of hydrogen-bond acceptors (Lipinski definition) is 3. The zero-order valence-corrected chi connectivity index (χ0v) is 13.2. The summed E-state index contributed by atoms with van der Waals surface area (Å²) in [4.78, 5) is 12.0. The minimum absolute atomic E-state index is 0.378. The molecule has 1 saturated heterocycles. The molecule has 0 spiro atoms. The van der Waals surface area contributed by atoms with Crippen LogP contribution in [-0.4, -0.2) is 35.0 Å². The normalized spacial score (nSPS) is 20.2. The predicted molar refractivity (Wildman–Crippen MR) is 87.9 cm³/mol. The lowest BCUT2D eigenvalue weighted by Crippen LogP contribution is -2.33. The Bertz CT molecular complexity index is 612. The average molecular weight is 293 g/mol. The van der Waals surface area contributed by atoms with Gasteiger partial charge in [-0.15, -0.1) is 0 Å². The lowest BCUT2D eigenvalue weighted by molar-refractivity contribution is 0.205. The van der Waals surface area contributed by atoms with E-state index in [4.69, 9.17) is 9.97 Å². The van der Waals surface area contributed by atoms with Crippen molar-refractivity contribution in [3.8, 4) is 0 Å². The van der Waals surface area contributed by atoms with Gasteiger partial charge < -0.3 is 4.90 Å². The van der Waals surface area contributed by atoms with Gasteiger partial charge in [-0.05, 0) is 75.0 Å². The molecule has 0 radical (unpaired) electrons. The first-order chi connectivity index (χ1) is 10.8. The van der Waals surface area contributed by atoms with E-state index in [1.165, 1.54) is 48.4 Å². The van der Waals surface area contributed by atoms with Crippen LogP contribution in [0, 0.1) is 5.92 Å². The van der Waals surface area contributed by atoms with Crippen LogP contribution in [0.3, 0.4) is 0 Å². The van der Waals surface area contributed by atoms with Gasteiger partial charge in [0.1, 0.15) is 0 Å². The fourth-order valence-corrected chi connectivity index (χ4v) is 4.09. The van der Waals surface area contributed by atoms with E-state index in [2.05, 4.69) is 36.2 Å². The molecule has 1 aliphatic heterocycles. The number of aromatic nitrogens is 2. The molecule has 0 atom stereocenters. The smallest absolute Gasteiger partial charge is 0.0529 e. The summed E-state index contributed by atoms with van der Waals surface area (Å²) in [5, 5.41) is 0. The van der Waals surface area contributed by atoms with Gasteiger partial charge in [-0.1, -0.05) is 12.1 Å². The van der Waals surface area contributed by atoms with E-state index in [-0.39, 0.29) is 0 Å². The number of likely N-dealkylation sites (tertiary alicyclic amines) is 1. The summed E-state index contributed by atoms with van der Waals surface area (Å²) in [6, 6.07) is 8.67. The lowest BCUT2D eigenvalue weighted by Gasteiger charge is -2.34. The molecule has 22 heavy (non-hydrogen) atoms. The van der Waals surface area contributed by atoms with Crippen LogP contribution in [-0.2, 0) is 12.8 Å². The maximum atomic E-state index is 4.80. The maximum absolute atomic E-state index is 4.80. The van der Waals surface area contributed by atoms with Gasteiger partial charge in [0.05, 0.1) is 11.4 Å². The van der Waals surface area contributed by atoms with Gasteiger partial charge in [0.2, 0.25) is 0 Å². The molecule has 0 bridgehead atoms. The Morgan fingerprint density at radius 2 is 1.45 bits per heavy atom. The van der Waals surface area contributed by atoms with Gasteiger partial charge in [-0.2, -0.15) is 0 Å². The summed E-state index contributed by atoms with van der Waals surface area (Å²) >= 11 is 0. The first-order valence-corrected chi connectivity index (χ1v) is 8.39. The zero-order valence-electron chi connectivity index (χ0n) is 13.2. The molecule has 1 fully saturated rings. The Morgan fingerprint density at radius 1 is 0.909 bits per heavy atom. The Labute approximate surface area is 132 Å². The summed E-state index contributed by atoms with van der Waals surface area (Å²) in [5.41, 5.74) is 5.41. The maximum Gasteiger partial charge on any atom is 0.0529 e. The van der Waals surface area contributed by atoms with Gasteiger partial charge in [-0.3, -0.25) is 9.97 Å². The van der Waals surface area contributed by atoms with Crippen molar-refractivity contribution in [3.63, 3.8) is 0 Å². The van der Waals surface area contributed by atoms with Crippen molar-refractivity contribution in [1.29, 1.82) is 0 Å². The highest BCUT2D eigenvalue weighted by Gasteiger charge is 2.34. The fourth-order valence-electron chi connectivity index (χ4n) is 4.09. The fraction of sp³-hybridized carbons (Fsp3) is 0.474. The van der Waals surface area contributed by atoms with Crippen molar-refractivity contribution in [1.82, 2.24) is 14.9 Å². The Balaban J connectivity index is 1.80. The molecular formula is C19H23N3. The molecule has 0 amide bonds. The van der Waals surface area contributed by atoms with E-state index in [0.29, 0.717) is 11.8 Å². The van der Waals surface area contributed by atoms with Crippen molar-refractivity contribution in [2.75, 3.05) is 20.1 Å². The summed E-state index contributed by atoms with van der Waals surface area (Å²) < 4.78 is 0. The van der Waals surface area contributed by atoms with E-state index in [0.717, 1.165) is 12.8 Å². The summed E-state index contributed by atoms with van der Waals surface area (Å²) in [6.07, 6.45) is 8.57. The van der Waals surface area contributed by atoms with Crippen molar-refractivity contribution in [2.24, 2.45) is 5.92 Å². The Kier molecular flexibility index (Phi) is 3.67. The second-order valence-corrected chi connectivity index (χ2v) is 6.71. The molecule has 114 valence electrons. The Hall–Kier alpha value is -1.74. The second-order valence-electron chi connectivity index (χ2n) is 6.71. The van der Waals surface area contributed by atoms with Crippen LogP contribution in [0.25, 0.3) is 0 Å². The highest BCUT2D eigenvalue weighted by Crippen LogP contribution is 2.40. The number of piperidine rings is 1. The number of nitrogens with zero attached hydrogens (tertiary/aromatic N) is 3. The average Bonchev–Trinajstić information content (AvgIpc) is 2.73. The quantitative estimate of drug-likeness (QED) is 0.809. The first-order valence-electron chi connectivity index (χ1n) is 8.39. The molecule has 0 unspecified atom stereocenters. The summed E-state index contributed by atoms with van der Waals surface area (Å²) in [5.74, 6) is 1.04. The highest BCUT2D eigenvalue weighted by molar-refractivity contribution is 5.39.